The molecule has 0 atom stereocenters. The molecule has 14 heteroatoms. The van der Waals surface area contributed by atoms with Gasteiger partial charge in [0.05, 0.1) is 17.9 Å². The Bertz CT molecular complexity index is 1330. The zero-order valence-electron chi connectivity index (χ0n) is 17.8. The number of hydroxylamine groups is 1. The Balaban J connectivity index is 1.97. The first-order valence-electron chi connectivity index (χ1n) is 9.44. The molecule has 0 aliphatic rings. The maximum Gasteiger partial charge on any atom is 0.421 e. The molecular formula is C20H17F3N7O3S-. The van der Waals surface area contributed by atoms with Crippen LogP contribution in [0.15, 0.2) is 48.8 Å². The van der Waals surface area contributed by atoms with Gasteiger partial charge in [-0.1, -0.05) is 6.07 Å². The predicted molar refractivity (Wildman–Crippen MR) is 119 cm³/mol. The van der Waals surface area contributed by atoms with Gasteiger partial charge in [0.25, 0.3) is 0 Å². The van der Waals surface area contributed by atoms with Gasteiger partial charge < -0.3 is 15.6 Å². The van der Waals surface area contributed by atoms with Crippen LogP contribution in [0.2, 0.25) is 0 Å². The van der Waals surface area contributed by atoms with E-state index >= 15 is 0 Å². The summed E-state index contributed by atoms with van der Waals surface area (Å²) in [5.41, 5.74) is -0.545. The average Bonchev–Trinajstić information content (AvgIpc) is 2.78. The van der Waals surface area contributed by atoms with Gasteiger partial charge >= 0.3 is 6.18 Å². The van der Waals surface area contributed by atoms with E-state index < -0.39 is 34.1 Å². The van der Waals surface area contributed by atoms with Crippen LogP contribution in [0.5, 0.6) is 0 Å². The first kappa shape index (κ1) is 24.7. The third-order valence-electron chi connectivity index (χ3n) is 4.56. The van der Waals surface area contributed by atoms with Gasteiger partial charge in [-0.25, -0.2) is 18.4 Å². The molecule has 178 valence electrons. The van der Waals surface area contributed by atoms with Crippen LogP contribution < -0.4 is 14.7 Å². The van der Waals surface area contributed by atoms with Crippen molar-refractivity contribution in [2.75, 3.05) is 28.0 Å². The second-order valence-electron chi connectivity index (χ2n) is 7.00. The number of nitrogens with one attached hydrogen (secondary N) is 1. The van der Waals surface area contributed by atoms with Gasteiger partial charge in [0.2, 0.25) is 16.0 Å². The summed E-state index contributed by atoms with van der Waals surface area (Å²) < 4.78 is 65.3. The van der Waals surface area contributed by atoms with Crippen LogP contribution in [0.3, 0.4) is 0 Å². The summed E-state index contributed by atoms with van der Waals surface area (Å²) in [5, 5.41) is 24.4. The molecule has 1 aromatic carbocycles. The molecule has 0 amide bonds. The van der Waals surface area contributed by atoms with E-state index in [1.54, 1.807) is 0 Å². The smallest absolute Gasteiger partial charge is 0.421 e. The van der Waals surface area contributed by atoms with E-state index in [1.807, 2.05) is 6.07 Å². The summed E-state index contributed by atoms with van der Waals surface area (Å²) in [6.07, 6.45) is -2.23. The molecule has 0 bridgehead atoms. The normalized spacial score (nSPS) is 11.6. The number of sulfonamides is 1. The van der Waals surface area contributed by atoms with Crippen molar-refractivity contribution in [2.24, 2.45) is 0 Å². The van der Waals surface area contributed by atoms with Crippen molar-refractivity contribution in [1.29, 1.82) is 5.26 Å². The minimum Gasteiger partial charge on any atom is -0.757 e. The largest absolute Gasteiger partial charge is 0.757 e. The van der Waals surface area contributed by atoms with Crippen LogP contribution in [0.1, 0.15) is 16.7 Å². The van der Waals surface area contributed by atoms with Gasteiger partial charge in [-0.05, 0) is 30.3 Å². The van der Waals surface area contributed by atoms with E-state index in [2.05, 4.69) is 20.3 Å². The maximum absolute atomic E-state index is 13.6. The molecule has 2 heterocycles. The molecule has 34 heavy (non-hydrogen) atoms. The SMILES string of the molecule is CN(c1ncccc1CN([O-])c1nc(Nc2ccc(C#N)cc2)ncc1C(F)(F)F)S(C)(=O)=O. The molecule has 0 aliphatic carbocycles. The Morgan fingerprint density at radius 3 is 2.41 bits per heavy atom. The van der Waals surface area contributed by atoms with E-state index in [1.165, 1.54) is 49.6 Å². The molecular weight excluding hydrogens is 475 g/mol. The van der Waals surface area contributed by atoms with Crippen molar-refractivity contribution < 1.29 is 21.6 Å². The molecule has 3 aromatic rings. The molecule has 0 radical (unpaired) electrons. The average molecular weight is 492 g/mol. The van der Waals surface area contributed by atoms with Crippen molar-refractivity contribution in [3.05, 3.63) is 70.7 Å². The molecule has 0 saturated heterocycles. The summed E-state index contributed by atoms with van der Waals surface area (Å²) in [7, 11) is -2.53. The molecule has 1 N–H and O–H groups in total. The Morgan fingerprint density at radius 1 is 1.15 bits per heavy atom. The maximum atomic E-state index is 13.6. The zero-order chi connectivity index (χ0) is 25.1. The second kappa shape index (κ2) is 9.49. The fourth-order valence-corrected chi connectivity index (χ4v) is 3.28. The number of aromatic nitrogens is 3. The summed E-state index contributed by atoms with van der Waals surface area (Å²) in [6.45, 7) is -0.667. The van der Waals surface area contributed by atoms with E-state index in [4.69, 9.17) is 5.26 Å². The monoisotopic (exact) mass is 492 g/mol. The second-order valence-corrected chi connectivity index (χ2v) is 9.01. The number of rotatable bonds is 7. The number of alkyl halides is 3. The number of pyridine rings is 1. The lowest BCUT2D eigenvalue weighted by Gasteiger charge is -2.32. The minimum absolute atomic E-state index is 0.00883. The fraction of sp³-hybridized carbons (Fsp3) is 0.200. The van der Waals surface area contributed by atoms with Crippen LogP contribution in [0.4, 0.5) is 36.4 Å². The van der Waals surface area contributed by atoms with Crippen molar-refractivity contribution in [2.45, 2.75) is 12.7 Å². The van der Waals surface area contributed by atoms with Crippen LogP contribution in [0, 0.1) is 16.5 Å². The van der Waals surface area contributed by atoms with Crippen LogP contribution >= 0.6 is 0 Å². The molecule has 0 fully saturated rings. The van der Waals surface area contributed by atoms with Crippen LogP contribution in [-0.4, -0.2) is 36.7 Å². The van der Waals surface area contributed by atoms with Gasteiger partial charge in [0.15, 0.2) is 0 Å². The molecule has 3 rings (SSSR count). The summed E-state index contributed by atoms with van der Waals surface area (Å²) in [6, 6.07) is 10.7. The van der Waals surface area contributed by atoms with E-state index in [0.29, 0.717) is 17.4 Å². The molecule has 0 spiro atoms. The molecule has 0 unspecified atom stereocenters. The van der Waals surface area contributed by atoms with Crippen molar-refractivity contribution in [1.82, 2.24) is 15.0 Å². The van der Waals surface area contributed by atoms with Crippen molar-refractivity contribution in [3.63, 3.8) is 0 Å². The van der Waals surface area contributed by atoms with Crippen molar-refractivity contribution in [3.8, 4) is 6.07 Å². The van der Waals surface area contributed by atoms with E-state index in [0.717, 1.165) is 10.6 Å². The number of benzene rings is 1. The zero-order valence-corrected chi connectivity index (χ0v) is 18.6. The van der Waals surface area contributed by atoms with Crippen LogP contribution in [0.25, 0.3) is 0 Å². The Kier molecular flexibility index (Phi) is 6.89. The van der Waals surface area contributed by atoms with Gasteiger partial charge in [0.1, 0.15) is 17.2 Å². The fourth-order valence-electron chi connectivity index (χ4n) is 2.80. The molecule has 0 saturated carbocycles. The number of nitriles is 1. The summed E-state index contributed by atoms with van der Waals surface area (Å²) in [4.78, 5) is 11.3. The Labute approximate surface area is 192 Å². The van der Waals surface area contributed by atoms with Gasteiger partial charge in [-0.2, -0.15) is 23.4 Å². The lowest BCUT2D eigenvalue weighted by atomic mass is 10.2. The summed E-state index contributed by atoms with van der Waals surface area (Å²) >= 11 is 0. The Morgan fingerprint density at radius 2 is 1.82 bits per heavy atom. The van der Waals surface area contributed by atoms with Gasteiger partial charge in [0, 0.05) is 37.2 Å². The highest BCUT2D eigenvalue weighted by Gasteiger charge is 2.36. The van der Waals surface area contributed by atoms with Gasteiger partial charge in [-0.3, -0.25) is 4.31 Å². The third-order valence-corrected chi connectivity index (χ3v) is 5.73. The first-order chi connectivity index (χ1) is 15.9. The van der Waals surface area contributed by atoms with E-state index in [9.17, 15) is 26.8 Å². The first-order valence-corrected chi connectivity index (χ1v) is 11.3. The predicted octanol–water partition coefficient (Wildman–Crippen LogP) is 3.41. The standard InChI is InChI=1S/C20H17F3N7O3S/c1-29(34(2,32)33)17-14(4-3-9-25-17)12-30(31)18-16(20(21,22)23)11-26-19(28-18)27-15-7-5-13(10-24)6-8-15/h3-9,11H,12H2,1-2H3,(H,26,27,28)/q-1. The number of hydrogen-bond acceptors (Lipinski definition) is 9. The molecule has 10 nitrogen and oxygen atoms in total. The van der Waals surface area contributed by atoms with Crippen LogP contribution in [-0.2, 0) is 22.7 Å². The summed E-state index contributed by atoms with van der Waals surface area (Å²) in [5.74, 6) is -1.35. The topological polar surface area (TPSA) is 138 Å². The Hall–Kier alpha value is -3.96. The molecule has 0 aliphatic heterocycles. The quantitative estimate of drug-likeness (QED) is 0.492. The minimum atomic E-state index is -4.92. The highest BCUT2D eigenvalue weighted by molar-refractivity contribution is 7.92. The number of hydrogen-bond donors (Lipinski definition) is 1. The van der Waals surface area contributed by atoms with Gasteiger partial charge in [-0.15, -0.1) is 0 Å². The number of halogens is 3. The highest BCUT2D eigenvalue weighted by atomic mass is 32.2. The lowest BCUT2D eigenvalue weighted by Crippen LogP contribution is -2.28. The van der Waals surface area contributed by atoms with Crippen molar-refractivity contribution >= 4 is 33.3 Å². The third kappa shape index (κ3) is 5.69. The number of anilines is 4. The molecule has 2 aromatic heterocycles. The lowest BCUT2D eigenvalue weighted by molar-refractivity contribution is -0.137. The highest BCUT2D eigenvalue weighted by Crippen LogP contribution is 2.36. The van der Waals surface area contributed by atoms with E-state index in [-0.39, 0.29) is 22.4 Å². The number of nitrogens with zero attached hydrogens (tertiary/aromatic N) is 6.